The van der Waals surface area contributed by atoms with Gasteiger partial charge in [0.05, 0.1) is 10.2 Å². The molecule has 5 nitrogen and oxygen atoms in total. The van der Waals surface area contributed by atoms with Crippen molar-refractivity contribution in [1.82, 2.24) is 14.8 Å². The van der Waals surface area contributed by atoms with Crippen molar-refractivity contribution in [2.45, 2.75) is 64.8 Å². The fourth-order valence-electron chi connectivity index (χ4n) is 5.80. The zero-order valence-corrected chi connectivity index (χ0v) is 19.9. The van der Waals surface area contributed by atoms with E-state index in [4.69, 9.17) is 4.98 Å². The van der Waals surface area contributed by atoms with E-state index in [2.05, 4.69) is 40.7 Å². The average Bonchev–Trinajstić information content (AvgIpc) is 3.24. The number of carbonyl (C=O) groups is 1. The number of hydrogen-bond acceptors (Lipinski definition) is 5. The molecule has 168 valence electrons. The highest BCUT2D eigenvalue weighted by molar-refractivity contribution is 7.22. The number of benzene rings is 1. The normalized spacial score (nSPS) is 22.4. The van der Waals surface area contributed by atoms with Crippen LogP contribution in [0.2, 0.25) is 0 Å². The van der Waals surface area contributed by atoms with Crippen molar-refractivity contribution >= 4 is 32.6 Å². The lowest BCUT2D eigenvalue weighted by atomic mass is 9.93. The van der Waals surface area contributed by atoms with Gasteiger partial charge in [0.2, 0.25) is 5.91 Å². The molecule has 0 N–H and O–H groups in total. The molecule has 0 aliphatic carbocycles. The number of nitrogens with zero attached hydrogens (tertiary/aromatic N) is 4. The maximum Gasteiger partial charge on any atom is 0.225 e. The molecule has 4 heterocycles. The third kappa shape index (κ3) is 4.47. The predicted octanol–water partition coefficient (Wildman–Crippen LogP) is 4.61. The number of piperidine rings is 3. The number of fused-ring (bicyclic) bond motifs is 1. The van der Waals surface area contributed by atoms with Gasteiger partial charge in [0.1, 0.15) is 0 Å². The zero-order chi connectivity index (χ0) is 21.4. The molecular formula is C25H36N4OS. The van der Waals surface area contributed by atoms with Gasteiger partial charge < -0.3 is 14.7 Å². The lowest BCUT2D eigenvalue weighted by Crippen LogP contribution is -2.50. The van der Waals surface area contributed by atoms with Gasteiger partial charge in [-0.05, 0) is 82.7 Å². The van der Waals surface area contributed by atoms with Crippen LogP contribution < -0.4 is 4.90 Å². The summed E-state index contributed by atoms with van der Waals surface area (Å²) in [6.45, 7) is 10.6. The molecule has 1 amide bonds. The van der Waals surface area contributed by atoms with Gasteiger partial charge >= 0.3 is 0 Å². The number of hydrogen-bond donors (Lipinski definition) is 0. The lowest BCUT2D eigenvalue weighted by Gasteiger charge is -2.41. The van der Waals surface area contributed by atoms with E-state index in [9.17, 15) is 4.79 Å². The summed E-state index contributed by atoms with van der Waals surface area (Å²) in [4.78, 5) is 25.4. The Hall–Kier alpha value is -1.66. The van der Waals surface area contributed by atoms with Crippen LogP contribution in [-0.2, 0) is 4.79 Å². The van der Waals surface area contributed by atoms with Crippen LogP contribution in [0.3, 0.4) is 0 Å². The summed E-state index contributed by atoms with van der Waals surface area (Å²) in [5, 5.41) is 1.12. The van der Waals surface area contributed by atoms with Crippen LogP contribution in [0.1, 0.15) is 56.1 Å². The molecule has 31 heavy (non-hydrogen) atoms. The Bertz CT molecular complexity index is 919. The monoisotopic (exact) mass is 440 g/mol. The molecule has 1 aromatic carbocycles. The molecule has 2 aromatic rings. The Morgan fingerprint density at radius 2 is 1.65 bits per heavy atom. The summed E-state index contributed by atoms with van der Waals surface area (Å²) in [7, 11) is 0. The summed E-state index contributed by atoms with van der Waals surface area (Å²) in [6.07, 6.45) is 8.33. The van der Waals surface area contributed by atoms with E-state index in [-0.39, 0.29) is 5.92 Å². The van der Waals surface area contributed by atoms with Crippen LogP contribution in [0.4, 0.5) is 5.13 Å². The molecule has 3 aliphatic heterocycles. The SMILES string of the molecule is Cc1cc(C)c2nc(N3CCC(C(=O)N4CCC(N5CCCCC5)CC4)CC3)sc2c1. The van der Waals surface area contributed by atoms with E-state index in [1.54, 1.807) is 11.3 Å². The van der Waals surface area contributed by atoms with Crippen LogP contribution in [0.5, 0.6) is 0 Å². The van der Waals surface area contributed by atoms with Crippen molar-refractivity contribution in [1.29, 1.82) is 0 Å². The smallest absolute Gasteiger partial charge is 0.225 e. The maximum atomic E-state index is 13.2. The van der Waals surface area contributed by atoms with Crippen LogP contribution in [0.15, 0.2) is 12.1 Å². The highest BCUT2D eigenvalue weighted by atomic mass is 32.1. The first-order valence-corrected chi connectivity index (χ1v) is 13.1. The van der Waals surface area contributed by atoms with E-state index >= 15 is 0 Å². The standard InChI is InChI=1S/C25H36N4OS/c1-18-16-19(2)23-22(17-18)31-25(26-23)29-12-6-20(7-13-29)24(30)28-14-8-21(9-15-28)27-10-4-3-5-11-27/h16-17,20-21H,3-15H2,1-2H3. The van der Waals surface area contributed by atoms with Gasteiger partial charge in [-0.25, -0.2) is 4.98 Å². The summed E-state index contributed by atoms with van der Waals surface area (Å²) < 4.78 is 1.28. The van der Waals surface area contributed by atoms with Gasteiger partial charge in [-0.1, -0.05) is 23.8 Å². The summed E-state index contributed by atoms with van der Waals surface area (Å²) in [5.74, 6) is 0.605. The van der Waals surface area contributed by atoms with E-state index in [1.165, 1.54) is 48.2 Å². The Balaban J connectivity index is 1.15. The van der Waals surface area contributed by atoms with Gasteiger partial charge in [-0.3, -0.25) is 4.79 Å². The van der Waals surface area contributed by atoms with Crippen LogP contribution in [0.25, 0.3) is 10.2 Å². The predicted molar refractivity (Wildman–Crippen MR) is 129 cm³/mol. The molecular weight excluding hydrogens is 404 g/mol. The number of thiazole rings is 1. The second-order valence-corrected chi connectivity index (χ2v) is 10.8. The molecule has 1 aromatic heterocycles. The first kappa shape index (κ1) is 21.2. The fourth-order valence-corrected chi connectivity index (χ4v) is 7.00. The number of aromatic nitrogens is 1. The molecule has 3 fully saturated rings. The van der Waals surface area contributed by atoms with E-state index < -0.39 is 0 Å². The molecule has 3 aliphatic rings. The molecule has 0 bridgehead atoms. The number of rotatable bonds is 3. The molecule has 5 rings (SSSR count). The highest BCUT2D eigenvalue weighted by Gasteiger charge is 2.33. The molecule has 0 atom stereocenters. The number of aryl methyl sites for hydroxylation is 2. The lowest BCUT2D eigenvalue weighted by molar-refractivity contribution is -0.137. The second kappa shape index (κ2) is 9.07. The number of anilines is 1. The highest BCUT2D eigenvalue weighted by Crippen LogP contribution is 2.34. The number of carbonyl (C=O) groups excluding carboxylic acids is 1. The maximum absolute atomic E-state index is 13.2. The third-order valence-corrected chi connectivity index (χ3v) is 8.68. The van der Waals surface area contributed by atoms with Crippen molar-refractivity contribution in [2.24, 2.45) is 5.92 Å². The number of amides is 1. The molecule has 6 heteroatoms. The Morgan fingerprint density at radius 1 is 0.935 bits per heavy atom. The summed E-state index contributed by atoms with van der Waals surface area (Å²) in [5.41, 5.74) is 3.70. The average molecular weight is 441 g/mol. The van der Waals surface area contributed by atoms with Gasteiger partial charge in [-0.15, -0.1) is 0 Å². The third-order valence-electron chi connectivity index (χ3n) is 7.62. The van der Waals surface area contributed by atoms with Gasteiger partial charge in [0.15, 0.2) is 5.13 Å². The Labute approximate surface area is 190 Å². The minimum Gasteiger partial charge on any atom is -0.348 e. The van der Waals surface area contributed by atoms with Crippen molar-refractivity contribution in [3.63, 3.8) is 0 Å². The molecule has 0 spiro atoms. The van der Waals surface area contributed by atoms with Crippen LogP contribution >= 0.6 is 11.3 Å². The largest absolute Gasteiger partial charge is 0.348 e. The fraction of sp³-hybridized carbons (Fsp3) is 0.680. The molecule has 3 saturated heterocycles. The van der Waals surface area contributed by atoms with Crippen molar-refractivity contribution in [3.8, 4) is 0 Å². The van der Waals surface area contributed by atoms with Crippen molar-refractivity contribution in [2.75, 3.05) is 44.2 Å². The summed E-state index contributed by atoms with van der Waals surface area (Å²) in [6, 6.07) is 5.16. The first-order valence-electron chi connectivity index (χ1n) is 12.2. The zero-order valence-electron chi connectivity index (χ0n) is 19.1. The first-order chi connectivity index (χ1) is 15.1. The molecule has 0 saturated carbocycles. The minimum absolute atomic E-state index is 0.196. The van der Waals surface area contributed by atoms with Crippen LogP contribution in [-0.4, -0.2) is 66.0 Å². The van der Waals surface area contributed by atoms with E-state index in [0.29, 0.717) is 11.9 Å². The molecule has 0 radical (unpaired) electrons. The number of likely N-dealkylation sites (tertiary alicyclic amines) is 2. The Kier molecular flexibility index (Phi) is 6.20. The molecule has 0 unspecified atom stereocenters. The van der Waals surface area contributed by atoms with E-state index in [1.807, 2.05) is 0 Å². The van der Waals surface area contributed by atoms with Gasteiger partial charge in [0, 0.05) is 38.1 Å². The summed E-state index contributed by atoms with van der Waals surface area (Å²) >= 11 is 1.80. The van der Waals surface area contributed by atoms with Gasteiger partial charge in [-0.2, -0.15) is 0 Å². The van der Waals surface area contributed by atoms with Crippen LogP contribution in [0, 0.1) is 19.8 Å². The minimum atomic E-state index is 0.196. The van der Waals surface area contributed by atoms with E-state index in [0.717, 1.165) is 62.5 Å². The van der Waals surface area contributed by atoms with Crippen molar-refractivity contribution in [3.05, 3.63) is 23.3 Å². The van der Waals surface area contributed by atoms with Crippen molar-refractivity contribution < 1.29 is 4.79 Å². The van der Waals surface area contributed by atoms with Gasteiger partial charge in [0.25, 0.3) is 0 Å². The topological polar surface area (TPSA) is 39.7 Å². The quantitative estimate of drug-likeness (QED) is 0.699. The Morgan fingerprint density at radius 3 is 2.35 bits per heavy atom. The second-order valence-electron chi connectivity index (χ2n) is 9.84.